The first kappa shape index (κ1) is 13.1. The normalized spacial score (nSPS) is 25.6. The van der Waals surface area contributed by atoms with Crippen molar-refractivity contribution in [2.45, 2.75) is 44.2 Å². The lowest BCUT2D eigenvalue weighted by molar-refractivity contribution is -0.310. The SMILES string of the molecule is CC(C)(C)OC(=O)N1CC(Cl)CC1C(=O)[O-]. The van der Waals surface area contributed by atoms with Crippen LogP contribution < -0.4 is 5.11 Å². The lowest BCUT2D eigenvalue weighted by Gasteiger charge is -2.28. The fourth-order valence-electron chi connectivity index (χ4n) is 1.53. The Labute approximate surface area is 99.3 Å². The number of alkyl halides is 1. The summed E-state index contributed by atoms with van der Waals surface area (Å²) < 4.78 is 5.09. The predicted octanol–water partition coefficient (Wildman–Crippen LogP) is 0.353. The third-order valence-electron chi connectivity index (χ3n) is 2.15. The van der Waals surface area contributed by atoms with Gasteiger partial charge in [-0.2, -0.15) is 0 Å². The molecular weight excluding hydrogens is 234 g/mol. The standard InChI is InChI=1S/C10H16ClNO4/c1-10(2,3)16-9(15)12-5-6(11)4-7(12)8(13)14/h6-7H,4-5H2,1-3H3,(H,13,14)/p-1. The van der Waals surface area contributed by atoms with E-state index in [1.165, 1.54) is 0 Å². The van der Waals surface area contributed by atoms with Crippen LogP contribution in [0.3, 0.4) is 0 Å². The second kappa shape index (κ2) is 4.49. The quantitative estimate of drug-likeness (QED) is 0.628. The molecule has 1 saturated heterocycles. The van der Waals surface area contributed by atoms with Crippen LogP contribution in [0.5, 0.6) is 0 Å². The Hall–Kier alpha value is -0.970. The largest absolute Gasteiger partial charge is 0.548 e. The van der Waals surface area contributed by atoms with E-state index in [4.69, 9.17) is 16.3 Å². The van der Waals surface area contributed by atoms with Crippen LogP contribution >= 0.6 is 11.6 Å². The molecule has 16 heavy (non-hydrogen) atoms. The molecule has 0 saturated carbocycles. The van der Waals surface area contributed by atoms with Crippen LogP contribution in [0.25, 0.3) is 0 Å². The van der Waals surface area contributed by atoms with E-state index >= 15 is 0 Å². The number of carbonyl (C=O) groups is 2. The molecule has 0 aromatic heterocycles. The van der Waals surface area contributed by atoms with Gasteiger partial charge in [0.05, 0.1) is 17.4 Å². The molecule has 2 unspecified atom stereocenters. The zero-order valence-corrected chi connectivity index (χ0v) is 10.3. The Morgan fingerprint density at radius 2 is 2.00 bits per heavy atom. The highest BCUT2D eigenvalue weighted by molar-refractivity contribution is 6.21. The number of hydrogen-bond acceptors (Lipinski definition) is 4. The van der Waals surface area contributed by atoms with Gasteiger partial charge in [-0.3, -0.25) is 4.90 Å². The van der Waals surface area contributed by atoms with E-state index in [-0.39, 0.29) is 18.3 Å². The van der Waals surface area contributed by atoms with Gasteiger partial charge >= 0.3 is 6.09 Å². The summed E-state index contributed by atoms with van der Waals surface area (Å²) in [6.07, 6.45) is -0.465. The highest BCUT2D eigenvalue weighted by Crippen LogP contribution is 2.24. The molecule has 0 radical (unpaired) electrons. The van der Waals surface area contributed by atoms with Crippen LogP contribution in [0.4, 0.5) is 4.79 Å². The van der Waals surface area contributed by atoms with Gasteiger partial charge in [0.1, 0.15) is 5.60 Å². The van der Waals surface area contributed by atoms with Crippen molar-refractivity contribution in [1.29, 1.82) is 0 Å². The topological polar surface area (TPSA) is 69.7 Å². The number of halogens is 1. The van der Waals surface area contributed by atoms with Crippen LogP contribution in [0.2, 0.25) is 0 Å². The first-order chi connectivity index (χ1) is 7.20. The van der Waals surface area contributed by atoms with Crippen molar-refractivity contribution in [3.8, 4) is 0 Å². The average molecular weight is 249 g/mol. The van der Waals surface area contributed by atoms with E-state index in [1.807, 2.05) is 0 Å². The number of amides is 1. The van der Waals surface area contributed by atoms with Gasteiger partial charge < -0.3 is 14.6 Å². The maximum Gasteiger partial charge on any atom is 0.410 e. The Morgan fingerprint density at radius 3 is 2.44 bits per heavy atom. The number of carboxylic acids is 1. The van der Waals surface area contributed by atoms with Crippen LogP contribution in [-0.4, -0.2) is 40.5 Å². The number of carbonyl (C=O) groups excluding carboxylic acids is 2. The molecule has 0 N–H and O–H groups in total. The van der Waals surface area contributed by atoms with E-state index in [1.54, 1.807) is 20.8 Å². The first-order valence-electron chi connectivity index (χ1n) is 5.05. The Bertz CT molecular complexity index is 300. The van der Waals surface area contributed by atoms with Gasteiger partial charge in [-0.05, 0) is 27.2 Å². The number of aliphatic carboxylic acids is 1. The number of hydrogen-bond donors (Lipinski definition) is 0. The second-order valence-electron chi connectivity index (χ2n) is 4.80. The zero-order chi connectivity index (χ0) is 12.5. The maximum atomic E-state index is 11.7. The van der Waals surface area contributed by atoms with Crippen molar-refractivity contribution in [3.05, 3.63) is 0 Å². The van der Waals surface area contributed by atoms with E-state index < -0.39 is 23.7 Å². The molecule has 0 aromatic carbocycles. The molecule has 6 heteroatoms. The van der Waals surface area contributed by atoms with Crippen LogP contribution in [0.15, 0.2) is 0 Å². The predicted molar refractivity (Wildman–Crippen MR) is 56.0 cm³/mol. The number of nitrogens with zero attached hydrogens (tertiary/aromatic N) is 1. The third kappa shape index (κ3) is 3.27. The molecular formula is C10H15ClNO4-. The first-order valence-corrected chi connectivity index (χ1v) is 5.49. The third-order valence-corrected chi connectivity index (χ3v) is 2.47. The number of ether oxygens (including phenoxy) is 1. The molecule has 92 valence electrons. The van der Waals surface area contributed by atoms with Crippen molar-refractivity contribution in [3.63, 3.8) is 0 Å². The van der Waals surface area contributed by atoms with Gasteiger partial charge in [0.2, 0.25) is 0 Å². The molecule has 5 nitrogen and oxygen atoms in total. The summed E-state index contributed by atoms with van der Waals surface area (Å²) in [6, 6.07) is -0.989. The minimum absolute atomic E-state index is 0.176. The minimum atomic E-state index is -1.30. The summed E-state index contributed by atoms with van der Waals surface area (Å²) in [5.74, 6) is -1.30. The van der Waals surface area contributed by atoms with Gasteiger partial charge in [0.25, 0.3) is 0 Å². The van der Waals surface area contributed by atoms with E-state index in [2.05, 4.69) is 0 Å². The summed E-state index contributed by atoms with van der Waals surface area (Å²) in [5.41, 5.74) is -0.655. The second-order valence-corrected chi connectivity index (χ2v) is 5.42. The maximum absolute atomic E-state index is 11.7. The molecule has 1 aliphatic heterocycles. The molecule has 1 fully saturated rings. The Kier molecular flexibility index (Phi) is 3.68. The van der Waals surface area contributed by atoms with E-state index in [0.29, 0.717) is 0 Å². The molecule has 1 heterocycles. The van der Waals surface area contributed by atoms with Crippen LogP contribution in [-0.2, 0) is 9.53 Å². The van der Waals surface area contributed by atoms with Crippen LogP contribution in [0.1, 0.15) is 27.2 Å². The molecule has 2 atom stereocenters. The smallest absolute Gasteiger partial charge is 0.410 e. The summed E-state index contributed by atoms with van der Waals surface area (Å²) in [4.78, 5) is 23.6. The van der Waals surface area contributed by atoms with Gasteiger partial charge in [0.15, 0.2) is 0 Å². The lowest BCUT2D eigenvalue weighted by atomic mass is 10.2. The van der Waals surface area contributed by atoms with Crippen molar-refractivity contribution >= 4 is 23.7 Å². The van der Waals surface area contributed by atoms with Gasteiger partial charge in [-0.1, -0.05) is 0 Å². The molecule has 1 amide bonds. The number of likely N-dealkylation sites (tertiary alicyclic amines) is 1. The van der Waals surface area contributed by atoms with Crippen molar-refractivity contribution in [1.82, 2.24) is 4.90 Å². The fourth-order valence-corrected chi connectivity index (χ4v) is 1.85. The molecule has 1 rings (SSSR count). The zero-order valence-electron chi connectivity index (χ0n) is 9.53. The van der Waals surface area contributed by atoms with E-state index in [9.17, 15) is 14.7 Å². The van der Waals surface area contributed by atoms with Gasteiger partial charge in [-0.15, -0.1) is 11.6 Å². The van der Waals surface area contributed by atoms with Gasteiger partial charge in [0, 0.05) is 6.54 Å². The summed E-state index contributed by atoms with van der Waals surface area (Å²) >= 11 is 5.82. The molecule has 0 aromatic rings. The Morgan fingerprint density at radius 1 is 1.44 bits per heavy atom. The van der Waals surface area contributed by atoms with Crippen molar-refractivity contribution in [2.24, 2.45) is 0 Å². The van der Waals surface area contributed by atoms with E-state index in [0.717, 1.165) is 4.90 Å². The highest BCUT2D eigenvalue weighted by atomic mass is 35.5. The highest BCUT2D eigenvalue weighted by Gasteiger charge is 2.37. The lowest BCUT2D eigenvalue weighted by Crippen LogP contribution is -2.48. The number of carboxylic acid groups (broad SMARTS) is 1. The summed E-state index contributed by atoms with van der Waals surface area (Å²) in [6.45, 7) is 5.32. The average Bonchev–Trinajstić information content (AvgIpc) is 2.44. The molecule has 0 aliphatic carbocycles. The molecule has 0 bridgehead atoms. The number of rotatable bonds is 1. The summed E-state index contributed by atoms with van der Waals surface area (Å²) in [7, 11) is 0. The summed E-state index contributed by atoms with van der Waals surface area (Å²) in [5, 5.41) is 10.4. The minimum Gasteiger partial charge on any atom is -0.548 e. The van der Waals surface area contributed by atoms with Gasteiger partial charge in [-0.25, -0.2) is 4.79 Å². The van der Waals surface area contributed by atoms with Crippen molar-refractivity contribution in [2.75, 3.05) is 6.54 Å². The molecule has 0 spiro atoms. The van der Waals surface area contributed by atoms with Crippen molar-refractivity contribution < 1.29 is 19.4 Å². The van der Waals surface area contributed by atoms with Crippen LogP contribution in [0, 0.1) is 0 Å². The fraction of sp³-hybridized carbons (Fsp3) is 0.800. The Balaban J connectivity index is 2.71. The monoisotopic (exact) mass is 248 g/mol. The molecule has 1 aliphatic rings.